The van der Waals surface area contributed by atoms with E-state index in [1.165, 1.54) is 0 Å². The van der Waals surface area contributed by atoms with Crippen molar-refractivity contribution in [2.75, 3.05) is 13.1 Å². The van der Waals surface area contributed by atoms with E-state index < -0.39 is 0 Å². The molecule has 2 heterocycles. The Kier molecular flexibility index (Phi) is 3.33. The molecule has 1 aliphatic heterocycles. The van der Waals surface area contributed by atoms with E-state index in [9.17, 15) is 4.79 Å². The topological polar surface area (TPSA) is 54.0 Å². The van der Waals surface area contributed by atoms with Crippen molar-refractivity contribution in [2.45, 2.75) is 12.5 Å². The molecule has 1 aromatic rings. The number of amides is 1. The van der Waals surface area contributed by atoms with E-state index in [1.54, 1.807) is 18.5 Å². The maximum atomic E-state index is 11.8. The zero-order valence-electron chi connectivity index (χ0n) is 8.16. The van der Waals surface area contributed by atoms with Crippen LogP contribution in [0, 0.1) is 0 Å². The number of nitrogens with one attached hydrogen (secondary N) is 2. The normalized spacial score (nSPS) is 20.2. The highest BCUT2D eigenvalue weighted by Crippen LogP contribution is 2.10. The van der Waals surface area contributed by atoms with Crippen molar-refractivity contribution in [3.63, 3.8) is 0 Å². The molecule has 1 aliphatic rings. The minimum absolute atomic E-state index is 0.0579. The summed E-state index contributed by atoms with van der Waals surface area (Å²) in [4.78, 5) is 15.7. The number of carbonyl (C=O) groups is 1. The van der Waals surface area contributed by atoms with Crippen molar-refractivity contribution in [3.8, 4) is 0 Å². The van der Waals surface area contributed by atoms with Crippen LogP contribution in [0.3, 0.4) is 0 Å². The van der Waals surface area contributed by atoms with E-state index in [0.29, 0.717) is 5.56 Å². The quantitative estimate of drug-likeness (QED) is 0.840. The fourth-order valence-electron chi connectivity index (χ4n) is 1.58. The molecule has 0 saturated carbocycles. The van der Waals surface area contributed by atoms with Gasteiger partial charge in [-0.2, -0.15) is 0 Å². The molecule has 1 saturated heterocycles. The molecule has 1 amide bonds. The van der Waals surface area contributed by atoms with Crippen LogP contribution in [0.15, 0.2) is 22.9 Å². The van der Waals surface area contributed by atoms with Gasteiger partial charge in [0.15, 0.2) is 0 Å². The van der Waals surface area contributed by atoms with E-state index in [2.05, 4.69) is 31.5 Å². The number of halogens is 1. The summed E-state index contributed by atoms with van der Waals surface area (Å²) in [5.41, 5.74) is 0.594. The number of nitrogens with zero attached hydrogens (tertiary/aromatic N) is 1. The van der Waals surface area contributed by atoms with Gasteiger partial charge in [-0.3, -0.25) is 9.78 Å². The Morgan fingerprint density at radius 1 is 1.60 bits per heavy atom. The van der Waals surface area contributed by atoms with Crippen LogP contribution in [0.4, 0.5) is 0 Å². The van der Waals surface area contributed by atoms with Crippen molar-refractivity contribution < 1.29 is 4.79 Å². The maximum Gasteiger partial charge on any atom is 0.253 e. The molecule has 4 nitrogen and oxygen atoms in total. The molecule has 1 fully saturated rings. The molecule has 0 aromatic carbocycles. The van der Waals surface area contributed by atoms with Gasteiger partial charge in [-0.15, -0.1) is 0 Å². The Morgan fingerprint density at radius 3 is 3.13 bits per heavy atom. The second-order valence-electron chi connectivity index (χ2n) is 3.56. The summed E-state index contributed by atoms with van der Waals surface area (Å²) in [6.45, 7) is 1.83. The zero-order chi connectivity index (χ0) is 10.7. The summed E-state index contributed by atoms with van der Waals surface area (Å²) in [6.07, 6.45) is 4.23. The molecule has 0 spiro atoms. The molecule has 0 unspecified atom stereocenters. The van der Waals surface area contributed by atoms with Gasteiger partial charge in [0, 0.05) is 29.5 Å². The van der Waals surface area contributed by atoms with Crippen molar-refractivity contribution >= 4 is 21.8 Å². The molecule has 80 valence electrons. The highest BCUT2D eigenvalue weighted by molar-refractivity contribution is 9.10. The minimum Gasteiger partial charge on any atom is -0.348 e. The van der Waals surface area contributed by atoms with Gasteiger partial charge in [-0.25, -0.2) is 0 Å². The number of aromatic nitrogens is 1. The highest BCUT2D eigenvalue weighted by Gasteiger charge is 2.17. The van der Waals surface area contributed by atoms with Gasteiger partial charge < -0.3 is 10.6 Å². The summed E-state index contributed by atoms with van der Waals surface area (Å²) >= 11 is 3.29. The van der Waals surface area contributed by atoms with E-state index >= 15 is 0 Å². The van der Waals surface area contributed by atoms with E-state index in [0.717, 1.165) is 24.0 Å². The molecule has 15 heavy (non-hydrogen) atoms. The third-order valence-electron chi connectivity index (χ3n) is 2.36. The maximum absolute atomic E-state index is 11.8. The molecule has 0 aliphatic carbocycles. The van der Waals surface area contributed by atoms with Gasteiger partial charge in [-0.1, -0.05) is 0 Å². The highest BCUT2D eigenvalue weighted by atomic mass is 79.9. The van der Waals surface area contributed by atoms with Crippen LogP contribution in [0.1, 0.15) is 16.8 Å². The molecular formula is C10H12BrN3O. The third-order valence-corrected chi connectivity index (χ3v) is 2.80. The lowest BCUT2D eigenvalue weighted by Gasteiger charge is -2.10. The van der Waals surface area contributed by atoms with Crippen LogP contribution >= 0.6 is 15.9 Å². The van der Waals surface area contributed by atoms with Crippen LogP contribution in [0.5, 0.6) is 0 Å². The number of pyridine rings is 1. The molecule has 1 atom stereocenters. The number of hydrogen-bond donors (Lipinski definition) is 2. The molecule has 0 radical (unpaired) electrons. The molecule has 5 heteroatoms. The van der Waals surface area contributed by atoms with Gasteiger partial charge in [0.25, 0.3) is 5.91 Å². The second-order valence-corrected chi connectivity index (χ2v) is 4.47. The van der Waals surface area contributed by atoms with Crippen LogP contribution in [-0.2, 0) is 0 Å². The molecule has 2 N–H and O–H groups in total. The Morgan fingerprint density at radius 2 is 2.47 bits per heavy atom. The summed E-state index contributed by atoms with van der Waals surface area (Å²) < 4.78 is 0.819. The van der Waals surface area contributed by atoms with Crippen molar-refractivity contribution in [1.82, 2.24) is 15.6 Å². The molecule has 0 bridgehead atoms. The van der Waals surface area contributed by atoms with Gasteiger partial charge in [0.2, 0.25) is 0 Å². The number of hydrogen-bond acceptors (Lipinski definition) is 3. The summed E-state index contributed by atoms with van der Waals surface area (Å²) in [7, 11) is 0. The number of carbonyl (C=O) groups excluding carboxylic acids is 1. The second kappa shape index (κ2) is 4.72. The lowest BCUT2D eigenvalue weighted by molar-refractivity contribution is 0.0939. The Hall–Kier alpha value is -0.940. The van der Waals surface area contributed by atoms with Crippen LogP contribution < -0.4 is 10.6 Å². The van der Waals surface area contributed by atoms with Crippen molar-refractivity contribution in [1.29, 1.82) is 0 Å². The van der Waals surface area contributed by atoms with Crippen LogP contribution in [0.2, 0.25) is 0 Å². The van der Waals surface area contributed by atoms with Crippen LogP contribution in [0.25, 0.3) is 0 Å². The largest absolute Gasteiger partial charge is 0.348 e. The van der Waals surface area contributed by atoms with E-state index in [1.807, 2.05) is 0 Å². The van der Waals surface area contributed by atoms with Gasteiger partial charge >= 0.3 is 0 Å². The SMILES string of the molecule is O=C(N[C@@H]1CCNC1)c1cncc(Br)c1. The Balaban J connectivity index is 2.01. The Labute approximate surface area is 96.6 Å². The first kappa shape index (κ1) is 10.6. The summed E-state index contributed by atoms with van der Waals surface area (Å²) in [5, 5.41) is 6.16. The van der Waals surface area contributed by atoms with Gasteiger partial charge in [-0.05, 0) is 35.0 Å². The smallest absolute Gasteiger partial charge is 0.253 e. The van der Waals surface area contributed by atoms with E-state index in [-0.39, 0.29) is 11.9 Å². The van der Waals surface area contributed by atoms with Crippen LogP contribution in [-0.4, -0.2) is 30.0 Å². The van der Waals surface area contributed by atoms with Crippen molar-refractivity contribution in [3.05, 3.63) is 28.5 Å². The predicted octanol–water partition coefficient (Wildman–Crippen LogP) is 0.936. The van der Waals surface area contributed by atoms with Gasteiger partial charge in [0.1, 0.15) is 0 Å². The van der Waals surface area contributed by atoms with E-state index in [4.69, 9.17) is 0 Å². The molecular weight excluding hydrogens is 258 g/mol. The predicted molar refractivity (Wildman–Crippen MR) is 60.7 cm³/mol. The monoisotopic (exact) mass is 269 g/mol. The Bertz CT molecular complexity index is 363. The molecule has 2 rings (SSSR count). The zero-order valence-corrected chi connectivity index (χ0v) is 9.75. The van der Waals surface area contributed by atoms with Crippen molar-refractivity contribution in [2.24, 2.45) is 0 Å². The first-order valence-corrected chi connectivity index (χ1v) is 5.67. The summed E-state index contributed by atoms with van der Waals surface area (Å²) in [6, 6.07) is 2.02. The fourth-order valence-corrected chi connectivity index (χ4v) is 1.95. The lowest BCUT2D eigenvalue weighted by Crippen LogP contribution is -2.36. The molecule has 1 aromatic heterocycles. The standard InChI is InChI=1S/C10H12BrN3O/c11-8-3-7(4-13-5-8)10(15)14-9-1-2-12-6-9/h3-5,9,12H,1-2,6H2,(H,14,15)/t9-/m1/s1. The average Bonchev–Trinajstić information content (AvgIpc) is 2.70. The summed E-state index contributed by atoms with van der Waals surface area (Å²) in [5.74, 6) is -0.0579. The fraction of sp³-hybridized carbons (Fsp3) is 0.400. The van der Waals surface area contributed by atoms with Gasteiger partial charge in [0.05, 0.1) is 5.56 Å². The third kappa shape index (κ3) is 2.76. The number of rotatable bonds is 2. The first-order chi connectivity index (χ1) is 7.25. The lowest BCUT2D eigenvalue weighted by atomic mass is 10.2. The average molecular weight is 270 g/mol. The first-order valence-electron chi connectivity index (χ1n) is 4.88. The minimum atomic E-state index is -0.0579.